The maximum Gasteiger partial charge on any atom is 0.232 e. The van der Waals surface area contributed by atoms with Gasteiger partial charge >= 0.3 is 0 Å². The van der Waals surface area contributed by atoms with E-state index in [1.165, 1.54) is 11.1 Å². The molecule has 2 atom stereocenters. The molecule has 5 rings (SSSR count). The average Bonchev–Trinajstić information content (AvgIpc) is 3.74. The van der Waals surface area contributed by atoms with Crippen molar-refractivity contribution < 1.29 is 19.1 Å². The summed E-state index contributed by atoms with van der Waals surface area (Å²) in [5.41, 5.74) is 4.61. The van der Waals surface area contributed by atoms with Crippen LogP contribution in [0.3, 0.4) is 0 Å². The van der Waals surface area contributed by atoms with Crippen molar-refractivity contribution in [3.05, 3.63) is 120 Å². The first-order valence-electron chi connectivity index (χ1n) is 16.0. The molecule has 1 aliphatic rings. The van der Waals surface area contributed by atoms with E-state index in [0.717, 1.165) is 24.3 Å². The van der Waals surface area contributed by atoms with Gasteiger partial charge in [-0.3, -0.25) is 9.59 Å². The number of hydrogen-bond donors (Lipinski definition) is 2. The van der Waals surface area contributed by atoms with E-state index < -0.39 is 11.8 Å². The number of hydrogen-bond acceptors (Lipinski definition) is 4. The maximum atomic E-state index is 13.0. The van der Waals surface area contributed by atoms with E-state index in [1.807, 2.05) is 24.3 Å². The highest BCUT2D eigenvalue weighted by Crippen LogP contribution is 2.46. The summed E-state index contributed by atoms with van der Waals surface area (Å²) in [5.74, 6) is 1.15. The largest absolute Gasteiger partial charge is 0.457 e. The summed E-state index contributed by atoms with van der Waals surface area (Å²) in [6, 6.07) is 30.7. The Bertz CT molecular complexity index is 1560. The van der Waals surface area contributed by atoms with Crippen molar-refractivity contribution in [3.8, 4) is 23.0 Å². The molecule has 1 saturated carbocycles. The Labute approximate surface area is 272 Å². The Morgan fingerprint density at radius 1 is 0.565 bits per heavy atom. The molecule has 2 N–H and O–H groups in total. The van der Waals surface area contributed by atoms with Gasteiger partial charge in [-0.2, -0.15) is 0 Å². The van der Waals surface area contributed by atoms with Crippen molar-refractivity contribution in [2.45, 2.75) is 65.2 Å². The Hall–Kier alpha value is -4.84. The molecule has 2 amide bonds. The van der Waals surface area contributed by atoms with E-state index in [0.29, 0.717) is 28.4 Å². The van der Waals surface area contributed by atoms with Crippen LogP contribution in [-0.2, 0) is 20.4 Å². The third-order valence-electron chi connectivity index (χ3n) is 9.34. The van der Waals surface area contributed by atoms with Gasteiger partial charge < -0.3 is 20.1 Å². The molecule has 6 nitrogen and oxygen atoms in total. The highest BCUT2D eigenvalue weighted by atomic mass is 16.5. The molecule has 0 radical (unpaired) electrons. The van der Waals surface area contributed by atoms with Crippen LogP contribution >= 0.6 is 0 Å². The van der Waals surface area contributed by atoms with Crippen LogP contribution in [0.5, 0.6) is 23.0 Å². The summed E-state index contributed by atoms with van der Waals surface area (Å²) < 4.78 is 12.0. The number of carbonyl (C=O) groups is 2. The number of ether oxygens (including phenoxy) is 2. The van der Waals surface area contributed by atoms with Crippen LogP contribution in [0.2, 0.25) is 0 Å². The van der Waals surface area contributed by atoms with Crippen molar-refractivity contribution >= 4 is 23.2 Å². The highest BCUT2D eigenvalue weighted by molar-refractivity contribution is 6.08. The molecule has 0 aromatic heterocycles. The molecule has 0 saturated heterocycles. The molecule has 0 unspecified atom stereocenters. The van der Waals surface area contributed by atoms with Gasteiger partial charge in [-0.05, 0) is 108 Å². The van der Waals surface area contributed by atoms with Gasteiger partial charge in [-0.1, -0.05) is 78.0 Å². The number of carbonyl (C=O) groups excluding carboxylic acids is 2. The fourth-order valence-corrected chi connectivity index (χ4v) is 5.24. The minimum absolute atomic E-state index is 0.117. The monoisotopic (exact) mass is 616 g/mol. The first-order valence-corrected chi connectivity index (χ1v) is 16.0. The first kappa shape index (κ1) is 32.6. The summed E-state index contributed by atoms with van der Waals surface area (Å²) >= 11 is 0. The van der Waals surface area contributed by atoms with Gasteiger partial charge in [0.05, 0.1) is 11.8 Å². The molecule has 6 heteroatoms. The SMILES string of the molecule is C=C1[C@H](C(=O)Nc2ccc(Oc3ccc(C(C)(C)CC)cc3)cc2)[C@@H]1C(=O)Nc1ccc(Oc2ccc(C(C)(C)CC)cc2)cc1. The van der Waals surface area contributed by atoms with E-state index in [9.17, 15) is 9.59 Å². The summed E-state index contributed by atoms with van der Waals surface area (Å²) in [6.45, 7) is 17.2. The van der Waals surface area contributed by atoms with Gasteiger partial charge in [0.1, 0.15) is 23.0 Å². The van der Waals surface area contributed by atoms with Crippen LogP contribution < -0.4 is 20.1 Å². The Balaban J connectivity index is 1.10. The first-order chi connectivity index (χ1) is 21.9. The van der Waals surface area contributed by atoms with E-state index in [4.69, 9.17) is 9.47 Å². The second kappa shape index (κ2) is 13.3. The second-order valence-corrected chi connectivity index (χ2v) is 13.3. The van der Waals surface area contributed by atoms with Crippen LogP contribution in [0, 0.1) is 11.8 Å². The Morgan fingerprint density at radius 3 is 1.13 bits per heavy atom. The van der Waals surface area contributed by atoms with E-state index >= 15 is 0 Å². The minimum atomic E-state index is -0.579. The van der Waals surface area contributed by atoms with E-state index in [2.05, 4.69) is 83.0 Å². The predicted molar refractivity (Wildman–Crippen MR) is 186 cm³/mol. The second-order valence-electron chi connectivity index (χ2n) is 13.3. The Kier molecular flexibility index (Phi) is 9.38. The standard InChI is InChI=1S/C40H44N2O4/c1-8-39(4,5)27-10-18-31(19-11-27)45-33-22-14-29(15-23-33)41-37(43)35-26(3)36(35)38(44)42-30-16-24-34(25-17-30)46-32-20-12-28(13-21-32)40(6,7)9-2/h10-25,35-36H,3,8-9H2,1-2,4-7H3,(H,41,43)(H,42,44)/t35-,36+. The van der Waals surface area contributed by atoms with Gasteiger partial charge in [0.15, 0.2) is 0 Å². The lowest BCUT2D eigenvalue weighted by molar-refractivity contribution is -0.122. The van der Waals surface area contributed by atoms with Gasteiger partial charge in [0, 0.05) is 11.4 Å². The van der Waals surface area contributed by atoms with E-state index in [-0.39, 0.29) is 22.6 Å². The summed E-state index contributed by atoms with van der Waals surface area (Å²) in [5, 5.41) is 5.80. The number of anilines is 2. The van der Waals surface area contributed by atoms with Crippen molar-refractivity contribution in [1.82, 2.24) is 0 Å². The molecule has 46 heavy (non-hydrogen) atoms. The molecule has 0 aliphatic heterocycles. The van der Waals surface area contributed by atoms with Gasteiger partial charge in [0.25, 0.3) is 0 Å². The van der Waals surface area contributed by atoms with Crippen LogP contribution in [0.4, 0.5) is 11.4 Å². The van der Waals surface area contributed by atoms with Crippen LogP contribution in [0.25, 0.3) is 0 Å². The smallest absolute Gasteiger partial charge is 0.232 e. The maximum absolute atomic E-state index is 13.0. The lowest BCUT2D eigenvalue weighted by atomic mass is 9.82. The lowest BCUT2D eigenvalue weighted by Gasteiger charge is -2.23. The number of nitrogens with one attached hydrogen (secondary N) is 2. The van der Waals surface area contributed by atoms with E-state index in [1.54, 1.807) is 48.5 Å². The van der Waals surface area contributed by atoms with Gasteiger partial charge in [-0.15, -0.1) is 0 Å². The molecule has 1 fully saturated rings. The molecule has 1 aliphatic carbocycles. The zero-order valence-electron chi connectivity index (χ0n) is 27.6. The third-order valence-corrected chi connectivity index (χ3v) is 9.34. The zero-order chi connectivity index (χ0) is 33.1. The fourth-order valence-electron chi connectivity index (χ4n) is 5.24. The van der Waals surface area contributed by atoms with Crippen LogP contribution in [0.15, 0.2) is 109 Å². The molecular formula is C40H44N2O4. The fraction of sp³-hybridized carbons (Fsp3) is 0.300. The highest BCUT2D eigenvalue weighted by Gasteiger charge is 2.52. The topological polar surface area (TPSA) is 76.7 Å². The molecule has 0 heterocycles. The van der Waals surface area contributed by atoms with Crippen molar-refractivity contribution in [2.24, 2.45) is 11.8 Å². The quantitative estimate of drug-likeness (QED) is 0.155. The van der Waals surface area contributed by atoms with Crippen LogP contribution in [0.1, 0.15) is 65.5 Å². The third kappa shape index (κ3) is 7.51. The summed E-state index contributed by atoms with van der Waals surface area (Å²) in [7, 11) is 0. The number of amides is 2. The lowest BCUT2D eigenvalue weighted by Crippen LogP contribution is -2.20. The van der Waals surface area contributed by atoms with Crippen molar-refractivity contribution in [3.63, 3.8) is 0 Å². The predicted octanol–water partition coefficient (Wildman–Crippen LogP) is 10.0. The Morgan fingerprint density at radius 2 is 0.848 bits per heavy atom. The normalized spacial score (nSPS) is 16.0. The number of rotatable bonds is 12. The molecule has 0 spiro atoms. The van der Waals surface area contributed by atoms with Gasteiger partial charge in [-0.25, -0.2) is 0 Å². The zero-order valence-corrected chi connectivity index (χ0v) is 27.6. The molecule has 0 bridgehead atoms. The van der Waals surface area contributed by atoms with Crippen molar-refractivity contribution in [1.29, 1.82) is 0 Å². The molecule has 238 valence electrons. The summed E-state index contributed by atoms with van der Waals surface area (Å²) in [6.07, 6.45) is 2.11. The van der Waals surface area contributed by atoms with Crippen molar-refractivity contribution in [2.75, 3.05) is 10.6 Å². The van der Waals surface area contributed by atoms with Gasteiger partial charge in [0.2, 0.25) is 11.8 Å². The summed E-state index contributed by atoms with van der Waals surface area (Å²) in [4.78, 5) is 26.0. The molecule has 4 aromatic rings. The number of benzene rings is 4. The minimum Gasteiger partial charge on any atom is -0.457 e. The molecular weight excluding hydrogens is 572 g/mol. The average molecular weight is 617 g/mol. The molecule has 4 aromatic carbocycles. The van der Waals surface area contributed by atoms with Crippen LogP contribution in [-0.4, -0.2) is 11.8 Å².